The minimum Gasteiger partial charge on any atom is -0.349 e. The first kappa shape index (κ1) is 19.6. The highest BCUT2D eigenvalue weighted by Gasteiger charge is 2.25. The molecule has 0 aliphatic carbocycles. The lowest BCUT2D eigenvalue weighted by Gasteiger charge is -2.30. The zero-order valence-electron chi connectivity index (χ0n) is 17.1. The number of hydrogen-bond acceptors (Lipinski definition) is 5. The number of nitrogens with zero attached hydrogens (tertiary/aromatic N) is 3. The fourth-order valence-corrected chi connectivity index (χ4v) is 3.87. The topological polar surface area (TPSA) is 91.0 Å². The van der Waals surface area contributed by atoms with Gasteiger partial charge in [0.2, 0.25) is 0 Å². The van der Waals surface area contributed by atoms with Crippen molar-refractivity contribution in [1.82, 2.24) is 25.2 Å². The highest BCUT2D eigenvalue weighted by atomic mass is 32.1. The molecule has 1 aliphatic rings. The quantitative estimate of drug-likeness (QED) is 0.685. The molecule has 3 aromatic heterocycles. The van der Waals surface area contributed by atoms with Crippen LogP contribution in [0.3, 0.4) is 0 Å². The summed E-state index contributed by atoms with van der Waals surface area (Å²) in [7, 11) is 0. The summed E-state index contributed by atoms with van der Waals surface area (Å²) in [5.41, 5.74) is 2.18. The minimum absolute atomic E-state index is 0.00321. The minimum atomic E-state index is -0.176. The number of fused-ring (bicyclic) bond motifs is 1. The molecule has 2 amide bonds. The van der Waals surface area contributed by atoms with Crippen LogP contribution in [-0.2, 0) is 0 Å². The molecule has 4 heterocycles. The van der Waals surface area contributed by atoms with E-state index in [-0.39, 0.29) is 23.3 Å². The molecule has 0 saturated carbocycles. The van der Waals surface area contributed by atoms with Gasteiger partial charge in [-0.2, -0.15) is 0 Å². The number of likely N-dealkylation sites (tertiary alicyclic amines) is 1. The van der Waals surface area contributed by atoms with Gasteiger partial charge in [-0.25, -0.2) is 9.97 Å². The molecule has 1 saturated heterocycles. The van der Waals surface area contributed by atoms with Gasteiger partial charge in [0.05, 0.1) is 27.2 Å². The second kappa shape index (κ2) is 7.26. The van der Waals surface area contributed by atoms with Crippen LogP contribution in [0.1, 0.15) is 54.1 Å². The van der Waals surface area contributed by atoms with E-state index in [1.54, 1.807) is 12.4 Å². The smallest absolute Gasteiger partial charge is 0.263 e. The van der Waals surface area contributed by atoms with Gasteiger partial charge in [-0.1, -0.05) is 20.8 Å². The van der Waals surface area contributed by atoms with Gasteiger partial charge in [-0.15, -0.1) is 11.3 Å². The van der Waals surface area contributed by atoms with Crippen LogP contribution in [0.25, 0.3) is 21.7 Å². The third kappa shape index (κ3) is 3.76. The highest BCUT2D eigenvalue weighted by Crippen LogP contribution is 2.29. The Bertz CT molecular complexity index is 1070. The fraction of sp³-hybridized carbons (Fsp3) is 0.429. The summed E-state index contributed by atoms with van der Waals surface area (Å²) in [4.78, 5) is 40.7. The Morgan fingerprint density at radius 2 is 2.03 bits per heavy atom. The van der Waals surface area contributed by atoms with Crippen molar-refractivity contribution in [2.45, 2.75) is 40.2 Å². The van der Waals surface area contributed by atoms with E-state index in [0.29, 0.717) is 27.3 Å². The van der Waals surface area contributed by atoms with Crippen LogP contribution < -0.4 is 5.32 Å². The fourth-order valence-electron chi connectivity index (χ4n) is 2.94. The van der Waals surface area contributed by atoms with Crippen molar-refractivity contribution in [3.63, 3.8) is 0 Å². The number of amides is 2. The number of thiophene rings is 1. The van der Waals surface area contributed by atoms with E-state index in [9.17, 15) is 9.59 Å². The van der Waals surface area contributed by atoms with Crippen molar-refractivity contribution in [2.24, 2.45) is 5.41 Å². The lowest BCUT2D eigenvalue weighted by Crippen LogP contribution is -2.41. The first-order valence-electron chi connectivity index (χ1n) is 9.78. The van der Waals surface area contributed by atoms with E-state index >= 15 is 0 Å². The van der Waals surface area contributed by atoms with Gasteiger partial charge < -0.3 is 15.2 Å². The van der Waals surface area contributed by atoms with Crippen molar-refractivity contribution < 1.29 is 9.59 Å². The van der Waals surface area contributed by atoms with Gasteiger partial charge in [-0.05, 0) is 30.9 Å². The summed E-state index contributed by atoms with van der Waals surface area (Å²) in [5.74, 6) is -0.107. The van der Waals surface area contributed by atoms with Gasteiger partial charge in [0.25, 0.3) is 11.8 Å². The molecule has 3 aromatic rings. The van der Waals surface area contributed by atoms with E-state index in [2.05, 4.69) is 41.0 Å². The van der Waals surface area contributed by atoms with E-state index in [1.807, 2.05) is 24.0 Å². The predicted molar refractivity (Wildman–Crippen MR) is 114 cm³/mol. The van der Waals surface area contributed by atoms with E-state index < -0.39 is 0 Å². The van der Waals surface area contributed by atoms with Gasteiger partial charge in [0.1, 0.15) is 5.52 Å². The van der Waals surface area contributed by atoms with Gasteiger partial charge >= 0.3 is 0 Å². The van der Waals surface area contributed by atoms with Crippen LogP contribution in [0.5, 0.6) is 0 Å². The van der Waals surface area contributed by atoms with Crippen LogP contribution in [0.15, 0.2) is 24.5 Å². The Hall–Kier alpha value is -2.74. The Kier molecular flexibility index (Phi) is 4.90. The zero-order chi connectivity index (χ0) is 20.8. The first-order valence-corrected chi connectivity index (χ1v) is 10.6. The Morgan fingerprint density at radius 3 is 2.69 bits per heavy atom. The molecule has 0 bridgehead atoms. The van der Waals surface area contributed by atoms with Crippen LogP contribution in [0, 0.1) is 5.41 Å². The number of carbonyl (C=O) groups excluding carboxylic acids is 2. The molecule has 0 radical (unpaired) electrons. The van der Waals surface area contributed by atoms with Crippen LogP contribution in [0.4, 0.5) is 0 Å². The van der Waals surface area contributed by atoms with E-state index in [4.69, 9.17) is 0 Å². The van der Waals surface area contributed by atoms with Crippen LogP contribution in [-0.4, -0.2) is 50.8 Å². The lowest BCUT2D eigenvalue weighted by atomic mass is 9.88. The average Bonchev–Trinajstić information content (AvgIpc) is 3.26. The number of nitrogens with one attached hydrogen (secondary N) is 2. The molecule has 1 fully saturated rings. The van der Waals surface area contributed by atoms with Crippen molar-refractivity contribution >= 4 is 34.3 Å². The lowest BCUT2D eigenvalue weighted by molar-refractivity contribution is 0.0656. The SMILES string of the molecule is CC(NC(=O)c1c[nH]c2ncc(-c3ccc(C(=O)N4CCC4)s3)nc12)C(C)(C)C. The monoisotopic (exact) mass is 411 g/mol. The Morgan fingerprint density at radius 1 is 1.28 bits per heavy atom. The number of H-pyrrole nitrogens is 1. The van der Waals surface area contributed by atoms with Crippen LogP contribution in [0.2, 0.25) is 0 Å². The normalized spacial score (nSPS) is 15.2. The molecule has 8 heteroatoms. The third-order valence-electron chi connectivity index (χ3n) is 5.48. The number of carbonyl (C=O) groups is 2. The van der Waals surface area contributed by atoms with Gasteiger partial charge in [-0.3, -0.25) is 9.59 Å². The molecule has 1 atom stereocenters. The first-order chi connectivity index (χ1) is 13.7. The summed E-state index contributed by atoms with van der Waals surface area (Å²) < 4.78 is 0. The van der Waals surface area contributed by atoms with Crippen molar-refractivity contribution in [3.05, 3.63) is 35.0 Å². The van der Waals surface area contributed by atoms with E-state index in [0.717, 1.165) is 24.4 Å². The molecule has 0 spiro atoms. The summed E-state index contributed by atoms with van der Waals surface area (Å²) in [6.07, 6.45) is 4.38. The van der Waals surface area contributed by atoms with Crippen LogP contribution >= 0.6 is 11.3 Å². The summed E-state index contributed by atoms with van der Waals surface area (Å²) in [6, 6.07) is 3.73. The molecule has 2 N–H and O–H groups in total. The maximum Gasteiger partial charge on any atom is 0.263 e. The van der Waals surface area contributed by atoms with E-state index in [1.165, 1.54) is 11.3 Å². The molecule has 29 heavy (non-hydrogen) atoms. The molecular formula is C21H25N5O2S. The molecule has 4 rings (SSSR count). The molecule has 0 aromatic carbocycles. The maximum atomic E-state index is 12.8. The Balaban J connectivity index is 1.61. The van der Waals surface area contributed by atoms with Gasteiger partial charge in [0.15, 0.2) is 5.65 Å². The third-order valence-corrected chi connectivity index (χ3v) is 6.58. The van der Waals surface area contributed by atoms with Crippen molar-refractivity contribution in [1.29, 1.82) is 0 Å². The van der Waals surface area contributed by atoms with Crippen molar-refractivity contribution in [2.75, 3.05) is 13.1 Å². The molecule has 152 valence electrons. The second-order valence-corrected chi connectivity index (χ2v) is 9.61. The summed E-state index contributed by atoms with van der Waals surface area (Å²) in [6.45, 7) is 9.90. The largest absolute Gasteiger partial charge is 0.349 e. The maximum absolute atomic E-state index is 12.8. The number of aromatic nitrogens is 3. The molecule has 1 unspecified atom stereocenters. The number of hydrogen-bond donors (Lipinski definition) is 2. The highest BCUT2D eigenvalue weighted by molar-refractivity contribution is 7.17. The number of aromatic amines is 1. The zero-order valence-corrected chi connectivity index (χ0v) is 17.9. The number of rotatable bonds is 4. The molecular weight excluding hydrogens is 386 g/mol. The summed E-state index contributed by atoms with van der Waals surface area (Å²) in [5, 5.41) is 3.04. The Labute approximate surface area is 173 Å². The predicted octanol–water partition coefficient (Wildman–Crippen LogP) is 3.70. The standard InChI is InChI=1S/C21H25N5O2S/c1-12(21(2,3)4)24-19(27)13-10-22-18-17(13)25-14(11-23-18)15-6-7-16(29-15)20(28)26-8-5-9-26/h6-7,10-12H,5,8-9H2,1-4H3,(H,22,23)(H,24,27). The molecule has 1 aliphatic heterocycles. The van der Waals surface area contributed by atoms with Crippen molar-refractivity contribution in [3.8, 4) is 10.6 Å². The second-order valence-electron chi connectivity index (χ2n) is 8.53. The summed E-state index contributed by atoms with van der Waals surface area (Å²) >= 11 is 1.41. The van der Waals surface area contributed by atoms with Gasteiger partial charge in [0, 0.05) is 25.3 Å². The molecule has 7 nitrogen and oxygen atoms in total. The average molecular weight is 412 g/mol.